The van der Waals surface area contributed by atoms with Crippen LogP contribution in [0.5, 0.6) is 0 Å². The van der Waals surface area contributed by atoms with Crippen molar-refractivity contribution < 1.29 is 0 Å². The van der Waals surface area contributed by atoms with Crippen molar-refractivity contribution in [2.75, 3.05) is 20.0 Å². The van der Waals surface area contributed by atoms with Crippen molar-refractivity contribution in [2.24, 2.45) is 0 Å². The molecule has 0 spiro atoms. The summed E-state index contributed by atoms with van der Waals surface area (Å²) in [5, 5.41) is 0. The van der Waals surface area contributed by atoms with Gasteiger partial charge in [0.1, 0.15) is 0 Å². The average Bonchev–Trinajstić information content (AvgIpc) is 0.650. The summed E-state index contributed by atoms with van der Waals surface area (Å²) in [6, 6.07) is 0. The summed E-state index contributed by atoms with van der Waals surface area (Å²) >= 11 is 5.06. The second kappa shape index (κ2) is 1.69. The molecule has 6 heavy (non-hydrogen) atoms. The van der Waals surface area contributed by atoms with Gasteiger partial charge in [0.15, 0.2) is 0 Å². The van der Waals surface area contributed by atoms with E-state index in [9.17, 15) is 0 Å². The molecule has 0 aliphatic carbocycles. The van der Waals surface area contributed by atoms with Gasteiger partial charge in [0, 0.05) is 0 Å². The maximum absolute atomic E-state index is 2.53. The van der Waals surface area contributed by atoms with Gasteiger partial charge < -0.3 is 0 Å². The first kappa shape index (κ1) is 7.89. The quantitative estimate of drug-likeness (QED) is 0.473. The molecule has 0 aromatic carbocycles. The molecule has 0 rings (SSSR count). The summed E-state index contributed by atoms with van der Waals surface area (Å²) in [6.07, 6.45) is 0. The van der Waals surface area contributed by atoms with Crippen molar-refractivity contribution in [1.29, 1.82) is 0 Å². The zero-order chi connectivity index (χ0) is 5.45. The van der Waals surface area contributed by atoms with Gasteiger partial charge in [-0.25, -0.2) is 0 Å². The molecule has 0 aromatic heterocycles. The van der Waals surface area contributed by atoms with E-state index in [1.807, 2.05) is 0 Å². The molecule has 0 radical (unpaired) electrons. The summed E-state index contributed by atoms with van der Waals surface area (Å²) < 4.78 is -1.11. The Morgan fingerprint density at radius 1 is 1.00 bits per heavy atom. The molecule has 0 saturated carbocycles. The normalized spacial score (nSPS) is 19.2. The SMILES string of the molecule is CP(C)(C)(I)I. The monoisotopic (exact) mass is 330 g/mol. The Morgan fingerprint density at radius 2 is 1.00 bits per heavy atom. The van der Waals surface area contributed by atoms with Crippen LogP contribution in [-0.2, 0) is 0 Å². The Hall–Kier alpha value is 1.89. The van der Waals surface area contributed by atoms with Gasteiger partial charge in [0.05, 0.1) is 0 Å². The van der Waals surface area contributed by atoms with Crippen LogP contribution in [0.2, 0.25) is 0 Å². The van der Waals surface area contributed by atoms with E-state index in [-0.39, 0.29) is 0 Å². The standard InChI is InChI=1S/C3H9I2P/c1-6(2,3,4)5/h1-3H3. The Balaban J connectivity index is 3.73. The summed E-state index contributed by atoms with van der Waals surface area (Å²) in [5.74, 6) is 0. The molecule has 3 heteroatoms. The van der Waals surface area contributed by atoms with E-state index in [0.29, 0.717) is 0 Å². The van der Waals surface area contributed by atoms with E-state index in [0.717, 1.165) is 0 Å². The van der Waals surface area contributed by atoms with Gasteiger partial charge in [-0.15, -0.1) is 0 Å². The first-order chi connectivity index (χ1) is 2.24. The van der Waals surface area contributed by atoms with E-state index in [1.54, 1.807) is 0 Å². The summed E-state index contributed by atoms with van der Waals surface area (Å²) in [4.78, 5) is 0. The van der Waals surface area contributed by atoms with Crippen molar-refractivity contribution in [2.45, 2.75) is 0 Å². The Morgan fingerprint density at radius 3 is 1.00 bits per heavy atom. The number of halogens is 2. The minimum absolute atomic E-state index is 1.11. The molecular formula is C3H9I2P. The topological polar surface area (TPSA) is 0 Å². The van der Waals surface area contributed by atoms with Crippen LogP contribution >= 0.6 is 46.0 Å². The van der Waals surface area contributed by atoms with Crippen LogP contribution < -0.4 is 0 Å². The molecule has 0 N–H and O–H groups in total. The van der Waals surface area contributed by atoms with Crippen molar-refractivity contribution >= 4 is 46.0 Å². The molecule has 0 fully saturated rings. The fraction of sp³-hybridized carbons (Fsp3) is 1.00. The van der Waals surface area contributed by atoms with Gasteiger partial charge in [0.25, 0.3) is 0 Å². The third kappa shape index (κ3) is 39.4. The molecule has 0 saturated heterocycles. The van der Waals surface area contributed by atoms with Gasteiger partial charge in [-0.2, -0.15) is 0 Å². The molecule has 0 amide bonds. The van der Waals surface area contributed by atoms with Gasteiger partial charge in [0.2, 0.25) is 0 Å². The zero-order valence-electron chi connectivity index (χ0n) is 4.20. The van der Waals surface area contributed by atoms with Crippen LogP contribution in [0.4, 0.5) is 0 Å². The summed E-state index contributed by atoms with van der Waals surface area (Å²) in [6.45, 7) is 6.94. The van der Waals surface area contributed by atoms with E-state index < -0.39 is 1.89 Å². The van der Waals surface area contributed by atoms with Crippen molar-refractivity contribution in [1.82, 2.24) is 0 Å². The summed E-state index contributed by atoms with van der Waals surface area (Å²) in [7, 11) is 0. The molecule has 40 valence electrons. The zero-order valence-corrected chi connectivity index (χ0v) is 9.41. The Kier molecular flexibility index (Phi) is 2.22. The number of rotatable bonds is 0. The molecule has 0 aliphatic rings. The molecule has 0 aliphatic heterocycles. The minimum atomic E-state index is -1.11. The number of hydrogen-bond acceptors (Lipinski definition) is 0. The van der Waals surface area contributed by atoms with Gasteiger partial charge >= 0.3 is 66.0 Å². The predicted molar refractivity (Wildman–Crippen MR) is 52.7 cm³/mol. The van der Waals surface area contributed by atoms with Crippen LogP contribution in [0.25, 0.3) is 0 Å². The Labute approximate surface area is 65.4 Å². The molecule has 0 heterocycles. The van der Waals surface area contributed by atoms with Crippen molar-refractivity contribution in [3.63, 3.8) is 0 Å². The predicted octanol–water partition coefficient (Wildman–Crippen LogP) is 3.13. The maximum atomic E-state index is 2.53. The fourth-order valence-corrected chi connectivity index (χ4v) is 0. The van der Waals surface area contributed by atoms with E-state index in [1.165, 1.54) is 0 Å². The molecular weight excluding hydrogens is 321 g/mol. The summed E-state index contributed by atoms with van der Waals surface area (Å²) in [5.41, 5.74) is 0. The first-order valence-electron chi connectivity index (χ1n) is 1.68. The average molecular weight is 330 g/mol. The fourth-order valence-electron chi connectivity index (χ4n) is 0. The van der Waals surface area contributed by atoms with E-state index in [2.05, 4.69) is 64.1 Å². The Bertz CT molecular complexity index is 42.0. The van der Waals surface area contributed by atoms with E-state index >= 15 is 0 Å². The van der Waals surface area contributed by atoms with Gasteiger partial charge in [-0.1, -0.05) is 0 Å². The van der Waals surface area contributed by atoms with Crippen LogP contribution in [0, 0.1) is 0 Å². The molecule has 0 unspecified atom stereocenters. The second-order valence-corrected chi connectivity index (χ2v) is 33.1. The second-order valence-electron chi connectivity index (χ2n) is 2.42. The van der Waals surface area contributed by atoms with Gasteiger partial charge in [-0.05, 0) is 0 Å². The van der Waals surface area contributed by atoms with Crippen LogP contribution in [-0.4, -0.2) is 20.0 Å². The first-order valence-corrected chi connectivity index (χ1v) is 10.8. The van der Waals surface area contributed by atoms with Crippen molar-refractivity contribution in [3.05, 3.63) is 0 Å². The van der Waals surface area contributed by atoms with Crippen LogP contribution in [0.3, 0.4) is 0 Å². The van der Waals surface area contributed by atoms with E-state index in [4.69, 9.17) is 0 Å². The number of hydrogen-bond donors (Lipinski definition) is 0. The molecule has 0 aromatic rings. The van der Waals surface area contributed by atoms with Crippen molar-refractivity contribution in [3.8, 4) is 0 Å². The van der Waals surface area contributed by atoms with Gasteiger partial charge in [-0.3, -0.25) is 0 Å². The third-order valence-corrected chi connectivity index (χ3v) is 0. The third-order valence-electron chi connectivity index (χ3n) is 0. The molecule has 0 bridgehead atoms. The molecule has 0 nitrogen and oxygen atoms in total. The molecule has 0 atom stereocenters. The van der Waals surface area contributed by atoms with Crippen LogP contribution in [0.1, 0.15) is 0 Å². The van der Waals surface area contributed by atoms with Crippen LogP contribution in [0.15, 0.2) is 0 Å².